The van der Waals surface area contributed by atoms with Crippen molar-refractivity contribution >= 4 is 40.5 Å². The quantitative estimate of drug-likeness (QED) is 0.658. The van der Waals surface area contributed by atoms with Crippen LogP contribution in [0.1, 0.15) is 15.9 Å². The van der Waals surface area contributed by atoms with Crippen LogP contribution in [0.25, 0.3) is 0 Å². The minimum absolute atomic E-state index is 0.186. The zero-order chi connectivity index (χ0) is 17.6. The highest BCUT2D eigenvalue weighted by Gasteiger charge is 2.07. The Kier molecular flexibility index (Phi) is 5.53. The number of carbonyl (C=O) groups is 1. The van der Waals surface area contributed by atoms with E-state index in [0.29, 0.717) is 27.8 Å². The minimum atomic E-state index is -0.186. The van der Waals surface area contributed by atoms with Gasteiger partial charge in [0.25, 0.3) is 5.91 Å². The van der Waals surface area contributed by atoms with Gasteiger partial charge in [-0.25, -0.2) is 0 Å². The highest BCUT2D eigenvalue weighted by atomic mass is 35.5. The van der Waals surface area contributed by atoms with Gasteiger partial charge in [0.1, 0.15) is 0 Å². The fourth-order valence-electron chi connectivity index (χ4n) is 2.25. The number of hydrogen-bond donors (Lipinski definition) is 2. The maximum atomic E-state index is 12.3. The average Bonchev–Trinajstić information content (AvgIpc) is 2.64. The molecule has 126 valence electrons. The zero-order valence-corrected chi connectivity index (χ0v) is 14.7. The summed E-state index contributed by atoms with van der Waals surface area (Å²) in [5, 5.41) is 6.97. The topological polar surface area (TPSA) is 54.0 Å². The molecule has 3 rings (SSSR count). The van der Waals surface area contributed by atoms with Crippen LogP contribution >= 0.6 is 23.2 Å². The van der Waals surface area contributed by atoms with Gasteiger partial charge in [-0.3, -0.25) is 9.78 Å². The lowest BCUT2D eigenvalue weighted by molar-refractivity contribution is 0.0950. The molecule has 2 aromatic carbocycles. The van der Waals surface area contributed by atoms with Gasteiger partial charge in [0.2, 0.25) is 0 Å². The molecule has 0 fully saturated rings. The van der Waals surface area contributed by atoms with E-state index in [2.05, 4.69) is 15.6 Å². The third-order valence-electron chi connectivity index (χ3n) is 3.50. The van der Waals surface area contributed by atoms with Crippen LogP contribution in [0.5, 0.6) is 0 Å². The molecule has 0 aliphatic carbocycles. The van der Waals surface area contributed by atoms with Gasteiger partial charge >= 0.3 is 0 Å². The Morgan fingerprint density at radius 3 is 2.48 bits per heavy atom. The first kappa shape index (κ1) is 17.3. The number of carbonyl (C=O) groups excluding carboxylic acids is 1. The summed E-state index contributed by atoms with van der Waals surface area (Å²) >= 11 is 11.9. The van der Waals surface area contributed by atoms with Crippen molar-refractivity contribution in [2.75, 3.05) is 5.32 Å². The van der Waals surface area contributed by atoms with E-state index in [1.54, 1.807) is 30.5 Å². The Balaban J connectivity index is 1.68. The van der Waals surface area contributed by atoms with Crippen LogP contribution in [0, 0.1) is 0 Å². The van der Waals surface area contributed by atoms with Crippen molar-refractivity contribution in [3.05, 3.63) is 88.2 Å². The van der Waals surface area contributed by atoms with Crippen molar-refractivity contribution in [1.82, 2.24) is 10.3 Å². The smallest absolute Gasteiger partial charge is 0.253 e. The van der Waals surface area contributed by atoms with Crippen molar-refractivity contribution in [2.45, 2.75) is 6.54 Å². The molecule has 1 aromatic heterocycles. The van der Waals surface area contributed by atoms with Gasteiger partial charge in [-0.1, -0.05) is 53.5 Å². The molecule has 2 N–H and O–H groups in total. The maximum Gasteiger partial charge on any atom is 0.253 e. The molecule has 0 aliphatic rings. The number of anilines is 2. The largest absolute Gasteiger partial charge is 0.354 e. The van der Waals surface area contributed by atoms with Crippen molar-refractivity contribution in [2.24, 2.45) is 0 Å². The summed E-state index contributed by atoms with van der Waals surface area (Å²) in [4.78, 5) is 16.4. The molecule has 3 aromatic rings. The van der Waals surface area contributed by atoms with E-state index in [1.807, 2.05) is 30.3 Å². The molecule has 1 amide bonds. The van der Waals surface area contributed by atoms with E-state index in [4.69, 9.17) is 23.2 Å². The number of aromatic nitrogens is 1. The molecule has 0 aliphatic heterocycles. The number of pyridine rings is 1. The minimum Gasteiger partial charge on any atom is -0.354 e. The van der Waals surface area contributed by atoms with E-state index in [-0.39, 0.29) is 5.91 Å². The Bertz CT molecular complexity index is 885. The number of nitrogens with zero attached hydrogens (tertiary/aromatic N) is 1. The van der Waals surface area contributed by atoms with Crippen LogP contribution in [0.4, 0.5) is 11.4 Å². The highest BCUT2D eigenvalue weighted by molar-refractivity contribution is 6.42. The summed E-state index contributed by atoms with van der Waals surface area (Å²) in [5.74, 6) is -0.186. The number of nitrogens with one attached hydrogen (secondary N) is 2. The van der Waals surface area contributed by atoms with Gasteiger partial charge in [0, 0.05) is 18.4 Å². The van der Waals surface area contributed by atoms with Crippen molar-refractivity contribution in [1.29, 1.82) is 0 Å². The monoisotopic (exact) mass is 371 g/mol. The SMILES string of the molecule is O=C(NCc1ccccc1)c1cncc(Nc2ccc(Cl)c(Cl)c2)c1. The van der Waals surface area contributed by atoms with Crippen molar-refractivity contribution in [3.63, 3.8) is 0 Å². The molecule has 0 saturated heterocycles. The highest BCUT2D eigenvalue weighted by Crippen LogP contribution is 2.26. The summed E-state index contributed by atoms with van der Waals surface area (Å²) in [7, 11) is 0. The first-order valence-corrected chi connectivity index (χ1v) is 8.36. The third kappa shape index (κ3) is 4.72. The lowest BCUT2D eigenvalue weighted by atomic mass is 10.2. The van der Waals surface area contributed by atoms with Crippen molar-refractivity contribution in [3.8, 4) is 0 Å². The number of rotatable bonds is 5. The molecular weight excluding hydrogens is 357 g/mol. The summed E-state index contributed by atoms with van der Waals surface area (Å²) in [5.41, 5.74) is 2.96. The Hall–Kier alpha value is -2.56. The molecule has 0 bridgehead atoms. The van der Waals surface area contributed by atoms with Crippen LogP contribution in [-0.4, -0.2) is 10.9 Å². The molecule has 1 heterocycles. The van der Waals surface area contributed by atoms with Gasteiger partial charge in [-0.15, -0.1) is 0 Å². The second-order valence-corrected chi connectivity index (χ2v) is 6.20. The molecule has 0 unspecified atom stereocenters. The second-order valence-electron chi connectivity index (χ2n) is 5.38. The number of halogens is 2. The summed E-state index contributed by atoms with van der Waals surface area (Å²) in [6, 6.07) is 16.7. The van der Waals surface area contributed by atoms with E-state index in [9.17, 15) is 4.79 Å². The van der Waals surface area contributed by atoms with Crippen LogP contribution in [0.2, 0.25) is 10.0 Å². The Morgan fingerprint density at radius 2 is 1.72 bits per heavy atom. The van der Waals surface area contributed by atoms with Crippen LogP contribution in [0.3, 0.4) is 0 Å². The number of hydrogen-bond acceptors (Lipinski definition) is 3. The molecule has 0 atom stereocenters. The second kappa shape index (κ2) is 8.01. The Morgan fingerprint density at radius 1 is 0.920 bits per heavy atom. The maximum absolute atomic E-state index is 12.3. The molecule has 0 saturated carbocycles. The van der Waals surface area contributed by atoms with Gasteiger partial charge in [-0.05, 0) is 29.8 Å². The average molecular weight is 372 g/mol. The van der Waals surface area contributed by atoms with Gasteiger partial charge in [-0.2, -0.15) is 0 Å². The molecule has 6 heteroatoms. The first-order chi connectivity index (χ1) is 12.1. The Labute approximate surface area is 155 Å². The zero-order valence-electron chi connectivity index (χ0n) is 13.2. The third-order valence-corrected chi connectivity index (χ3v) is 4.24. The summed E-state index contributed by atoms with van der Waals surface area (Å²) < 4.78 is 0. The molecule has 4 nitrogen and oxygen atoms in total. The molecule has 25 heavy (non-hydrogen) atoms. The fraction of sp³-hybridized carbons (Fsp3) is 0.0526. The normalized spacial score (nSPS) is 10.3. The predicted molar refractivity (Wildman–Crippen MR) is 102 cm³/mol. The first-order valence-electron chi connectivity index (χ1n) is 7.61. The molecule has 0 spiro atoms. The van der Waals surface area contributed by atoms with Gasteiger partial charge in [0.15, 0.2) is 0 Å². The van der Waals surface area contributed by atoms with Crippen LogP contribution in [0.15, 0.2) is 67.0 Å². The predicted octanol–water partition coefficient (Wildman–Crippen LogP) is 5.06. The van der Waals surface area contributed by atoms with Crippen LogP contribution < -0.4 is 10.6 Å². The van der Waals surface area contributed by atoms with Crippen molar-refractivity contribution < 1.29 is 4.79 Å². The summed E-state index contributed by atoms with van der Waals surface area (Å²) in [6.07, 6.45) is 3.16. The lowest BCUT2D eigenvalue weighted by Gasteiger charge is -2.09. The van der Waals surface area contributed by atoms with Gasteiger partial charge < -0.3 is 10.6 Å². The van der Waals surface area contributed by atoms with Crippen LogP contribution in [-0.2, 0) is 6.54 Å². The van der Waals surface area contributed by atoms with E-state index in [0.717, 1.165) is 11.3 Å². The van der Waals surface area contributed by atoms with E-state index >= 15 is 0 Å². The molecular formula is C19H15Cl2N3O. The standard InChI is InChI=1S/C19H15Cl2N3O/c20-17-7-6-15(9-18(17)21)24-16-8-14(11-22-12-16)19(25)23-10-13-4-2-1-3-5-13/h1-9,11-12,24H,10H2,(H,23,25). The molecule has 0 radical (unpaired) electrons. The number of amides is 1. The fourth-order valence-corrected chi connectivity index (χ4v) is 2.55. The van der Waals surface area contributed by atoms with E-state index in [1.165, 1.54) is 6.20 Å². The van der Waals surface area contributed by atoms with E-state index < -0.39 is 0 Å². The lowest BCUT2D eigenvalue weighted by Crippen LogP contribution is -2.22. The summed E-state index contributed by atoms with van der Waals surface area (Å²) in [6.45, 7) is 0.462. The van der Waals surface area contributed by atoms with Gasteiger partial charge in [0.05, 0.1) is 27.5 Å². The number of benzene rings is 2.